The van der Waals surface area contributed by atoms with Gasteiger partial charge in [0.1, 0.15) is 4.99 Å². The molecule has 5 heteroatoms. The number of hydrogen-bond donors (Lipinski definition) is 0. The second kappa shape index (κ2) is 2.52. The summed E-state index contributed by atoms with van der Waals surface area (Å²) in [5.74, 6) is 0. The van der Waals surface area contributed by atoms with Gasteiger partial charge < -0.3 is 0 Å². The number of benzene rings is 1. The van der Waals surface area contributed by atoms with E-state index in [4.69, 9.17) is 12.2 Å². The fourth-order valence-corrected chi connectivity index (χ4v) is 3.14. The molecule has 0 N–H and O–H groups in total. The minimum Gasteiger partial charge on any atom is -0.259 e. The Morgan fingerprint density at radius 1 is 1.31 bits per heavy atom. The number of thiocarbonyl (C=S) groups is 1. The summed E-state index contributed by atoms with van der Waals surface area (Å²) < 4.78 is 24.4. The van der Waals surface area contributed by atoms with Gasteiger partial charge in [-0.3, -0.25) is 4.31 Å². The fraction of sp³-hybridized carbons (Fsp3) is 0.125. The maximum Gasteiger partial charge on any atom is 0.265 e. The molecule has 0 bridgehead atoms. The molecule has 0 spiro atoms. The minimum atomic E-state index is -3.34. The molecule has 0 saturated carbocycles. The van der Waals surface area contributed by atoms with Gasteiger partial charge in [0, 0.05) is 12.6 Å². The molecule has 2 rings (SSSR count). The van der Waals surface area contributed by atoms with Crippen molar-refractivity contribution in [3.05, 3.63) is 29.8 Å². The molecule has 0 radical (unpaired) electrons. The van der Waals surface area contributed by atoms with Crippen LogP contribution in [0.25, 0.3) is 0 Å². The Bertz CT molecular complexity index is 479. The summed E-state index contributed by atoms with van der Waals surface area (Å²) in [4.78, 5) is 0.679. The zero-order chi connectivity index (χ0) is 9.64. The molecule has 0 aromatic heterocycles. The molecule has 1 aliphatic heterocycles. The third-order valence-corrected chi connectivity index (χ3v) is 4.47. The summed E-state index contributed by atoms with van der Waals surface area (Å²) >= 11 is 4.99. The van der Waals surface area contributed by atoms with Crippen molar-refractivity contribution in [3.8, 4) is 0 Å². The SMILES string of the molecule is CN1C(=S)c2ccccc2S1(=O)=O. The quantitative estimate of drug-likeness (QED) is 0.603. The molecule has 0 aliphatic carbocycles. The minimum absolute atomic E-state index is 0.308. The van der Waals surface area contributed by atoms with Crippen molar-refractivity contribution < 1.29 is 8.42 Å². The van der Waals surface area contributed by atoms with Crippen LogP contribution in [0.15, 0.2) is 29.2 Å². The maximum absolute atomic E-state index is 11.6. The number of fused-ring (bicyclic) bond motifs is 1. The Hall–Kier alpha value is -0.940. The first kappa shape index (κ1) is 8.65. The Morgan fingerprint density at radius 2 is 1.92 bits per heavy atom. The van der Waals surface area contributed by atoms with E-state index in [1.807, 2.05) is 0 Å². The zero-order valence-corrected chi connectivity index (χ0v) is 8.52. The number of sulfonamides is 1. The molecule has 1 aromatic carbocycles. The van der Waals surface area contributed by atoms with Crippen molar-refractivity contribution in [1.29, 1.82) is 0 Å². The Morgan fingerprint density at radius 3 is 2.54 bits per heavy atom. The lowest BCUT2D eigenvalue weighted by molar-refractivity contribution is 0.561. The topological polar surface area (TPSA) is 37.4 Å². The Labute approximate surface area is 82.0 Å². The first-order valence-corrected chi connectivity index (χ1v) is 5.52. The van der Waals surface area contributed by atoms with Crippen LogP contribution in [-0.4, -0.2) is 24.8 Å². The second-order valence-electron chi connectivity index (χ2n) is 2.77. The van der Waals surface area contributed by atoms with Crippen LogP contribution >= 0.6 is 12.2 Å². The van der Waals surface area contributed by atoms with E-state index < -0.39 is 10.0 Å². The highest BCUT2D eigenvalue weighted by molar-refractivity contribution is 7.92. The van der Waals surface area contributed by atoms with E-state index in [1.54, 1.807) is 24.3 Å². The van der Waals surface area contributed by atoms with Gasteiger partial charge in [0.2, 0.25) is 0 Å². The predicted molar refractivity (Wildman–Crippen MR) is 53.1 cm³/mol. The average Bonchev–Trinajstić information content (AvgIpc) is 2.30. The van der Waals surface area contributed by atoms with Crippen LogP contribution in [0.4, 0.5) is 0 Å². The molecule has 68 valence electrons. The van der Waals surface area contributed by atoms with E-state index in [-0.39, 0.29) is 0 Å². The summed E-state index contributed by atoms with van der Waals surface area (Å²) in [7, 11) is -1.87. The van der Waals surface area contributed by atoms with Crippen LogP contribution in [-0.2, 0) is 10.0 Å². The third-order valence-electron chi connectivity index (χ3n) is 2.04. The molecule has 13 heavy (non-hydrogen) atoms. The number of rotatable bonds is 0. The van der Waals surface area contributed by atoms with Crippen molar-refractivity contribution in [2.24, 2.45) is 0 Å². The lowest BCUT2D eigenvalue weighted by Gasteiger charge is -2.08. The molecule has 1 aromatic rings. The first-order valence-electron chi connectivity index (χ1n) is 3.67. The van der Waals surface area contributed by atoms with Crippen molar-refractivity contribution in [2.75, 3.05) is 7.05 Å². The standard InChI is InChI=1S/C8H7NO2S2/c1-9-8(12)6-4-2-3-5-7(6)13(9,10)11/h2-5H,1H3. The predicted octanol–water partition coefficient (Wildman–Crippen LogP) is 0.996. The van der Waals surface area contributed by atoms with Crippen molar-refractivity contribution in [2.45, 2.75) is 4.90 Å². The van der Waals surface area contributed by atoms with Crippen LogP contribution in [0.2, 0.25) is 0 Å². The van der Waals surface area contributed by atoms with E-state index in [2.05, 4.69) is 0 Å². The normalized spacial score (nSPS) is 18.8. The summed E-state index contributed by atoms with van der Waals surface area (Å²) in [6, 6.07) is 6.76. The molecule has 0 unspecified atom stereocenters. The van der Waals surface area contributed by atoms with E-state index in [9.17, 15) is 8.42 Å². The Balaban J connectivity index is 2.83. The van der Waals surface area contributed by atoms with Crippen molar-refractivity contribution in [3.63, 3.8) is 0 Å². The molecule has 1 aliphatic rings. The van der Waals surface area contributed by atoms with Gasteiger partial charge in [-0.1, -0.05) is 30.4 Å². The van der Waals surface area contributed by atoms with E-state index in [1.165, 1.54) is 7.05 Å². The van der Waals surface area contributed by atoms with Gasteiger partial charge in [0.05, 0.1) is 4.90 Å². The molecule has 0 saturated heterocycles. The van der Waals surface area contributed by atoms with Crippen LogP contribution < -0.4 is 0 Å². The smallest absolute Gasteiger partial charge is 0.259 e. The van der Waals surface area contributed by atoms with E-state index >= 15 is 0 Å². The van der Waals surface area contributed by atoms with Crippen molar-refractivity contribution >= 4 is 27.2 Å². The molecule has 0 amide bonds. The van der Waals surface area contributed by atoms with Gasteiger partial charge >= 0.3 is 0 Å². The molecule has 0 fully saturated rings. The Kier molecular flexibility index (Phi) is 1.68. The van der Waals surface area contributed by atoms with Gasteiger partial charge in [0.15, 0.2) is 0 Å². The van der Waals surface area contributed by atoms with E-state index in [0.29, 0.717) is 15.4 Å². The summed E-state index contributed by atoms with van der Waals surface area (Å²) in [6.07, 6.45) is 0. The third kappa shape index (κ3) is 1.00. The van der Waals surface area contributed by atoms with Crippen LogP contribution in [0.5, 0.6) is 0 Å². The highest BCUT2D eigenvalue weighted by Crippen LogP contribution is 2.28. The number of nitrogens with zero attached hydrogens (tertiary/aromatic N) is 1. The highest BCUT2D eigenvalue weighted by atomic mass is 32.2. The summed E-state index contributed by atoms with van der Waals surface area (Å²) in [5.41, 5.74) is 0.625. The van der Waals surface area contributed by atoms with Gasteiger partial charge in [-0.15, -0.1) is 0 Å². The van der Waals surface area contributed by atoms with Crippen LogP contribution in [0, 0.1) is 0 Å². The fourth-order valence-electron chi connectivity index (χ4n) is 1.29. The lowest BCUT2D eigenvalue weighted by atomic mass is 10.2. The maximum atomic E-state index is 11.6. The van der Waals surface area contributed by atoms with E-state index in [0.717, 1.165) is 4.31 Å². The average molecular weight is 213 g/mol. The second-order valence-corrected chi connectivity index (χ2v) is 5.10. The summed E-state index contributed by atoms with van der Waals surface area (Å²) in [6.45, 7) is 0. The summed E-state index contributed by atoms with van der Waals surface area (Å²) in [5, 5.41) is 0. The molecule has 3 nitrogen and oxygen atoms in total. The highest BCUT2D eigenvalue weighted by Gasteiger charge is 2.34. The molecular weight excluding hydrogens is 206 g/mol. The molecule has 1 heterocycles. The zero-order valence-electron chi connectivity index (χ0n) is 6.89. The van der Waals surface area contributed by atoms with Crippen LogP contribution in [0.1, 0.15) is 5.56 Å². The van der Waals surface area contributed by atoms with Gasteiger partial charge in [0.25, 0.3) is 10.0 Å². The number of hydrogen-bond acceptors (Lipinski definition) is 3. The largest absolute Gasteiger partial charge is 0.265 e. The van der Waals surface area contributed by atoms with Crippen molar-refractivity contribution in [1.82, 2.24) is 4.31 Å². The van der Waals surface area contributed by atoms with Gasteiger partial charge in [-0.2, -0.15) is 0 Å². The molecule has 0 atom stereocenters. The lowest BCUT2D eigenvalue weighted by Crippen LogP contribution is -2.24. The monoisotopic (exact) mass is 213 g/mol. The first-order chi connectivity index (χ1) is 6.05. The van der Waals surface area contributed by atoms with Gasteiger partial charge in [-0.25, -0.2) is 8.42 Å². The molecular formula is C8H7NO2S2. The van der Waals surface area contributed by atoms with Crippen LogP contribution in [0.3, 0.4) is 0 Å². The van der Waals surface area contributed by atoms with Gasteiger partial charge in [-0.05, 0) is 6.07 Å².